The summed E-state index contributed by atoms with van der Waals surface area (Å²) in [5.41, 5.74) is 3.31. The molecule has 1 atom stereocenters. The molecule has 0 unspecified atom stereocenters. The minimum absolute atomic E-state index is 0.236. The zero-order valence-electron chi connectivity index (χ0n) is 16.5. The van der Waals surface area contributed by atoms with Gasteiger partial charge in [0.15, 0.2) is 0 Å². The monoisotopic (exact) mass is 379 g/mol. The van der Waals surface area contributed by atoms with Crippen molar-refractivity contribution in [2.45, 2.75) is 32.4 Å². The van der Waals surface area contributed by atoms with E-state index in [4.69, 9.17) is 14.0 Å². The highest BCUT2D eigenvalue weighted by molar-refractivity contribution is 5.54. The normalized spacial score (nSPS) is 17.0. The van der Waals surface area contributed by atoms with E-state index in [0.29, 0.717) is 18.3 Å². The number of benzene rings is 2. The lowest BCUT2D eigenvalue weighted by molar-refractivity contribution is 0.209. The molecule has 0 radical (unpaired) electrons. The summed E-state index contributed by atoms with van der Waals surface area (Å²) < 4.78 is 16.5. The number of hydrogen-bond donors (Lipinski definition) is 0. The molecule has 0 amide bonds. The Morgan fingerprint density at radius 1 is 1.11 bits per heavy atom. The Kier molecular flexibility index (Phi) is 5.30. The first kappa shape index (κ1) is 18.5. The molecular formula is C22H25N3O3. The second-order valence-corrected chi connectivity index (χ2v) is 7.11. The van der Waals surface area contributed by atoms with E-state index in [1.807, 2.05) is 24.3 Å². The summed E-state index contributed by atoms with van der Waals surface area (Å²) in [5, 5.41) is 4.16. The molecule has 28 heavy (non-hydrogen) atoms. The summed E-state index contributed by atoms with van der Waals surface area (Å²) in [6.07, 6.45) is 2.17. The summed E-state index contributed by atoms with van der Waals surface area (Å²) in [6, 6.07) is 14.3. The van der Waals surface area contributed by atoms with Crippen LogP contribution in [0.1, 0.15) is 35.9 Å². The fraction of sp³-hybridized carbons (Fsp3) is 0.364. The molecule has 0 bridgehead atoms. The van der Waals surface area contributed by atoms with E-state index in [1.54, 1.807) is 14.2 Å². The fourth-order valence-electron chi connectivity index (χ4n) is 3.78. The predicted octanol–water partition coefficient (Wildman–Crippen LogP) is 4.40. The second-order valence-electron chi connectivity index (χ2n) is 7.11. The van der Waals surface area contributed by atoms with Crippen LogP contribution in [-0.4, -0.2) is 35.8 Å². The molecule has 2 aromatic carbocycles. The molecule has 0 aliphatic carbocycles. The van der Waals surface area contributed by atoms with Gasteiger partial charge in [-0.3, -0.25) is 4.90 Å². The van der Waals surface area contributed by atoms with Crippen LogP contribution in [0, 0.1) is 6.92 Å². The van der Waals surface area contributed by atoms with E-state index < -0.39 is 0 Å². The molecule has 146 valence electrons. The zero-order valence-corrected chi connectivity index (χ0v) is 16.5. The number of aromatic nitrogens is 2. The van der Waals surface area contributed by atoms with Crippen LogP contribution in [0.4, 0.5) is 0 Å². The van der Waals surface area contributed by atoms with Crippen LogP contribution in [0.2, 0.25) is 0 Å². The minimum Gasteiger partial charge on any atom is -0.497 e. The van der Waals surface area contributed by atoms with E-state index in [1.165, 1.54) is 5.56 Å². The Bertz CT molecular complexity index is 936. The predicted molar refractivity (Wildman–Crippen MR) is 106 cm³/mol. The van der Waals surface area contributed by atoms with E-state index >= 15 is 0 Å². The topological polar surface area (TPSA) is 60.6 Å². The maximum atomic E-state index is 5.59. The first-order valence-corrected chi connectivity index (χ1v) is 9.53. The number of methoxy groups -OCH3 is 2. The first-order valence-electron chi connectivity index (χ1n) is 9.53. The highest BCUT2D eigenvalue weighted by Gasteiger charge is 2.30. The third-order valence-corrected chi connectivity index (χ3v) is 5.28. The van der Waals surface area contributed by atoms with Crippen LogP contribution in [-0.2, 0) is 6.54 Å². The Balaban J connectivity index is 1.54. The van der Waals surface area contributed by atoms with E-state index in [-0.39, 0.29) is 6.04 Å². The van der Waals surface area contributed by atoms with Crippen LogP contribution < -0.4 is 9.47 Å². The van der Waals surface area contributed by atoms with E-state index in [0.717, 1.165) is 42.0 Å². The lowest BCUT2D eigenvalue weighted by Gasteiger charge is -2.25. The van der Waals surface area contributed by atoms with Gasteiger partial charge in [-0.15, -0.1) is 0 Å². The SMILES string of the molecule is COc1ccc(OC)c([C@H]2CCCN2Cc2nc(-c3ccc(C)cc3)no2)c1. The smallest absolute Gasteiger partial charge is 0.241 e. The van der Waals surface area contributed by atoms with Gasteiger partial charge < -0.3 is 14.0 Å². The number of rotatable bonds is 6. The average molecular weight is 379 g/mol. The number of nitrogens with zero attached hydrogens (tertiary/aromatic N) is 3. The van der Waals surface area contributed by atoms with Crippen molar-refractivity contribution in [1.29, 1.82) is 0 Å². The number of ether oxygens (including phenoxy) is 2. The molecule has 6 heteroatoms. The van der Waals surface area contributed by atoms with Crippen molar-refractivity contribution in [1.82, 2.24) is 15.0 Å². The molecule has 1 aliphatic rings. The molecule has 1 fully saturated rings. The van der Waals surface area contributed by atoms with E-state index in [2.05, 4.69) is 40.2 Å². The quantitative estimate of drug-likeness (QED) is 0.633. The lowest BCUT2D eigenvalue weighted by atomic mass is 10.0. The van der Waals surface area contributed by atoms with Gasteiger partial charge in [-0.25, -0.2) is 0 Å². The first-order chi connectivity index (χ1) is 13.7. The van der Waals surface area contributed by atoms with Crippen LogP contribution in [0.15, 0.2) is 47.0 Å². The summed E-state index contributed by atoms with van der Waals surface area (Å²) in [7, 11) is 3.39. The molecule has 3 aromatic rings. The number of aryl methyl sites for hydroxylation is 1. The van der Waals surface area contributed by atoms with Crippen LogP contribution >= 0.6 is 0 Å². The minimum atomic E-state index is 0.236. The van der Waals surface area contributed by atoms with Crippen molar-refractivity contribution in [3.05, 3.63) is 59.5 Å². The number of hydrogen-bond acceptors (Lipinski definition) is 6. The third kappa shape index (κ3) is 3.73. The fourth-order valence-corrected chi connectivity index (χ4v) is 3.78. The Morgan fingerprint density at radius 2 is 1.93 bits per heavy atom. The Labute approximate surface area is 165 Å². The summed E-state index contributed by atoms with van der Waals surface area (Å²) in [5.74, 6) is 2.97. The van der Waals surface area contributed by atoms with Gasteiger partial charge >= 0.3 is 0 Å². The molecule has 2 heterocycles. The zero-order chi connectivity index (χ0) is 19.5. The third-order valence-electron chi connectivity index (χ3n) is 5.28. The lowest BCUT2D eigenvalue weighted by Crippen LogP contribution is -2.23. The highest BCUT2D eigenvalue weighted by Crippen LogP contribution is 2.39. The molecule has 0 saturated carbocycles. The Hall–Kier alpha value is -2.86. The van der Waals surface area contributed by atoms with Crippen molar-refractivity contribution in [2.24, 2.45) is 0 Å². The van der Waals surface area contributed by atoms with Crippen molar-refractivity contribution in [2.75, 3.05) is 20.8 Å². The average Bonchev–Trinajstić information content (AvgIpc) is 3.38. The van der Waals surface area contributed by atoms with Crippen molar-refractivity contribution >= 4 is 0 Å². The van der Waals surface area contributed by atoms with Crippen LogP contribution in [0.25, 0.3) is 11.4 Å². The summed E-state index contributed by atoms with van der Waals surface area (Å²) in [4.78, 5) is 6.97. The molecular weight excluding hydrogens is 354 g/mol. The largest absolute Gasteiger partial charge is 0.497 e. The highest BCUT2D eigenvalue weighted by atomic mass is 16.5. The molecule has 1 aromatic heterocycles. The summed E-state index contributed by atoms with van der Waals surface area (Å²) >= 11 is 0. The Morgan fingerprint density at radius 3 is 2.68 bits per heavy atom. The van der Waals surface area contributed by atoms with Gasteiger partial charge in [-0.05, 0) is 44.5 Å². The van der Waals surface area contributed by atoms with Gasteiger partial charge in [0.25, 0.3) is 0 Å². The van der Waals surface area contributed by atoms with Crippen molar-refractivity contribution < 1.29 is 14.0 Å². The second kappa shape index (κ2) is 8.02. The van der Waals surface area contributed by atoms with Crippen molar-refractivity contribution in [3.8, 4) is 22.9 Å². The standard InChI is InChI=1S/C22H25N3O3/c1-15-6-8-16(9-7-15)22-23-21(28-24-22)14-25-12-4-5-19(25)18-13-17(26-2)10-11-20(18)27-3/h6-11,13,19H,4-5,12,14H2,1-3H3/t19-/m1/s1. The summed E-state index contributed by atoms with van der Waals surface area (Å²) in [6.45, 7) is 3.66. The van der Waals surface area contributed by atoms with Gasteiger partial charge in [0.2, 0.25) is 11.7 Å². The molecule has 1 saturated heterocycles. The molecule has 1 aliphatic heterocycles. The molecule has 4 rings (SSSR count). The van der Waals surface area contributed by atoms with Gasteiger partial charge in [-0.2, -0.15) is 4.98 Å². The maximum absolute atomic E-state index is 5.59. The molecule has 0 spiro atoms. The van der Waals surface area contributed by atoms with Crippen LogP contribution in [0.5, 0.6) is 11.5 Å². The molecule has 6 nitrogen and oxygen atoms in total. The van der Waals surface area contributed by atoms with Gasteiger partial charge in [-0.1, -0.05) is 35.0 Å². The molecule has 0 N–H and O–H groups in total. The maximum Gasteiger partial charge on any atom is 0.241 e. The van der Waals surface area contributed by atoms with Crippen LogP contribution in [0.3, 0.4) is 0 Å². The van der Waals surface area contributed by atoms with Gasteiger partial charge in [0, 0.05) is 17.2 Å². The van der Waals surface area contributed by atoms with Crippen molar-refractivity contribution in [3.63, 3.8) is 0 Å². The van der Waals surface area contributed by atoms with E-state index in [9.17, 15) is 0 Å². The van der Waals surface area contributed by atoms with Gasteiger partial charge in [0.05, 0.1) is 20.8 Å². The number of likely N-dealkylation sites (tertiary alicyclic amines) is 1. The van der Waals surface area contributed by atoms with Gasteiger partial charge in [0.1, 0.15) is 11.5 Å².